The summed E-state index contributed by atoms with van der Waals surface area (Å²) in [5.74, 6) is -0.0520. The van der Waals surface area contributed by atoms with Gasteiger partial charge in [-0.1, -0.05) is 17.7 Å². The van der Waals surface area contributed by atoms with Gasteiger partial charge in [-0.25, -0.2) is 4.98 Å². The van der Waals surface area contributed by atoms with Gasteiger partial charge in [0.2, 0.25) is 5.95 Å². The minimum absolute atomic E-state index is 0.233. The molecule has 1 N–H and O–H groups in total. The molecule has 2 aliphatic carbocycles. The third-order valence-electron chi connectivity index (χ3n) is 9.01. The average molecular weight is 598 g/mol. The van der Waals surface area contributed by atoms with Crippen LogP contribution in [0.3, 0.4) is 0 Å². The normalized spacial score (nSPS) is 18.7. The second-order valence-electron chi connectivity index (χ2n) is 12.3. The standard InChI is InChI=1S/C33H42F3N5O2/c1-4-40(18-23-9-11-25(12-10-23)31(42)43)30-17-27-8-6-5-7-26(27)16-28(30)20-41(32-37-21-39(3)38-32)19-24-13-22(2)14-29(15-24)33(34,35)36/h13-17,21,23,25H,4-12,18-20H2,1-3H3,(H,42,43). The Hall–Kier alpha value is -3.56. The molecule has 0 bridgehead atoms. The monoisotopic (exact) mass is 597 g/mol. The lowest BCUT2D eigenvalue weighted by molar-refractivity contribution is -0.143. The lowest BCUT2D eigenvalue weighted by Crippen LogP contribution is -2.34. The maximum Gasteiger partial charge on any atom is 0.416 e. The molecule has 1 saturated carbocycles. The zero-order chi connectivity index (χ0) is 30.7. The van der Waals surface area contributed by atoms with Crippen molar-refractivity contribution in [1.29, 1.82) is 0 Å². The van der Waals surface area contributed by atoms with Gasteiger partial charge in [-0.3, -0.25) is 9.48 Å². The third-order valence-corrected chi connectivity index (χ3v) is 9.01. The number of fused-ring (bicyclic) bond motifs is 1. The molecule has 0 amide bonds. The van der Waals surface area contributed by atoms with E-state index in [-0.39, 0.29) is 12.5 Å². The van der Waals surface area contributed by atoms with Gasteiger partial charge >= 0.3 is 12.1 Å². The fourth-order valence-corrected chi connectivity index (χ4v) is 6.76. The molecule has 0 aliphatic heterocycles. The summed E-state index contributed by atoms with van der Waals surface area (Å²) in [5.41, 5.74) is 5.42. The lowest BCUT2D eigenvalue weighted by atomic mass is 9.81. The molecule has 5 rings (SSSR count). The second kappa shape index (κ2) is 13.0. The predicted molar refractivity (Wildman–Crippen MR) is 161 cm³/mol. The molecule has 7 nitrogen and oxygen atoms in total. The Morgan fingerprint density at radius 2 is 1.70 bits per heavy atom. The molecule has 0 unspecified atom stereocenters. The van der Waals surface area contributed by atoms with Crippen LogP contribution >= 0.6 is 0 Å². The van der Waals surface area contributed by atoms with Gasteiger partial charge in [-0.15, -0.1) is 5.10 Å². The van der Waals surface area contributed by atoms with Crippen molar-refractivity contribution in [2.45, 2.75) is 84.5 Å². The Bertz CT molecular complexity index is 1430. The van der Waals surface area contributed by atoms with E-state index in [4.69, 9.17) is 0 Å². The zero-order valence-electron chi connectivity index (χ0n) is 25.3. The molecule has 1 fully saturated rings. The number of aliphatic carboxylic acids is 1. The van der Waals surface area contributed by atoms with Crippen LogP contribution in [-0.4, -0.2) is 38.9 Å². The van der Waals surface area contributed by atoms with Crippen molar-refractivity contribution in [3.63, 3.8) is 0 Å². The Balaban J connectivity index is 1.48. The number of aryl methyl sites for hydroxylation is 4. The van der Waals surface area contributed by atoms with Crippen LogP contribution in [0.4, 0.5) is 24.8 Å². The number of carboxylic acids is 1. The van der Waals surface area contributed by atoms with Crippen molar-refractivity contribution in [2.24, 2.45) is 18.9 Å². The molecule has 43 heavy (non-hydrogen) atoms. The topological polar surface area (TPSA) is 74.5 Å². The Labute approximate surface area is 251 Å². The van der Waals surface area contributed by atoms with Crippen LogP contribution in [0, 0.1) is 18.8 Å². The smallest absolute Gasteiger partial charge is 0.416 e. The van der Waals surface area contributed by atoms with Crippen LogP contribution in [0.25, 0.3) is 0 Å². The summed E-state index contributed by atoms with van der Waals surface area (Å²) in [6.45, 7) is 6.17. The molecule has 1 aromatic heterocycles. The third kappa shape index (κ3) is 7.51. The van der Waals surface area contributed by atoms with Crippen LogP contribution in [-0.2, 0) is 43.9 Å². The molecular formula is C33H42F3N5O2. The summed E-state index contributed by atoms with van der Waals surface area (Å²) in [6, 6.07) is 8.82. The molecule has 0 atom stereocenters. The van der Waals surface area contributed by atoms with Crippen molar-refractivity contribution < 1.29 is 23.1 Å². The number of hydrogen-bond acceptors (Lipinski definition) is 5. The van der Waals surface area contributed by atoms with Crippen LogP contribution in [0.2, 0.25) is 0 Å². The highest BCUT2D eigenvalue weighted by molar-refractivity contribution is 5.70. The molecular weight excluding hydrogens is 555 g/mol. The van der Waals surface area contributed by atoms with Crippen molar-refractivity contribution >= 4 is 17.6 Å². The molecule has 3 aromatic rings. The van der Waals surface area contributed by atoms with Crippen molar-refractivity contribution in [3.05, 3.63) is 70.0 Å². The van der Waals surface area contributed by atoms with E-state index in [1.807, 2.05) is 4.90 Å². The van der Waals surface area contributed by atoms with E-state index >= 15 is 0 Å². The number of aromatic nitrogens is 3. The van der Waals surface area contributed by atoms with Gasteiger partial charge in [-0.05, 0) is 112 Å². The number of nitrogens with zero attached hydrogens (tertiary/aromatic N) is 5. The van der Waals surface area contributed by atoms with Gasteiger partial charge in [0.1, 0.15) is 6.33 Å². The van der Waals surface area contributed by atoms with Gasteiger partial charge in [0.25, 0.3) is 0 Å². The molecule has 2 aromatic carbocycles. The number of anilines is 2. The van der Waals surface area contributed by atoms with Gasteiger partial charge in [-0.2, -0.15) is 13.2 Å². The number of halogens is 3. The molecule has 0 radical (unpaired) electrons. The zero-order valence-corrected chi connectivity index (χ0v) is 25.3. The van der Waals surface area contributed by atoms with Gasteiger partial charge in [0.05, 0.1) is 11.5 Å². The summed E-state index contributed by atoms with van der Waals surface area (Å²) in [4.78, 5) is 20.4. The SMILES string of the molecule is CCN(CC1CCC(C(=O)O)CC1)c1cc2c(cc1CN(Cc1cc(C)cc(C(F)(F)F)c1)c1ncn(C)n1)CCCC2. The summed E-state index contributed by atoms with van der Waals surface area (Å²) < 4.78 is 42.6. The van der Waals surface area contributed by atoms with Gasteiger partial charge < -0.3 is 14.9 Å². The number of hydrogen-bond donors (Lipinski definition) is 1. The first-order valence-electron chi connectivity index (χ1n) is 15.4. The summed E-state index contributed by atoms with van der Waals surface area (Å²) in [5, 5.41) is 14.0. The van der Waals surface area contributed by atoms with Crippen LogP contribution < -0.4 is 9.80 Å². The Morgan fingerprint density at radius 1 is 1.00 bits per heavy atom. The highest BCUT2D eigenvalue weighted by Crippen LogP contribution is 2.36. The fourth-order valence-electron chi connectivity index (χ4n) is 6.76. The first-order valence-corrected chi connectivity index (χ1v) is 15.4. The van der Waals surface area contributed by atoms with Crippen molar-refractivity contribution in [2.75, 3.05) is 22.9 Å². The summed E-state index contributed by atoms with van der Waals surface area (Å²) in [6.07, 6.45) is 4.77. The highest BCUT2D eigenvalue weighted by Gasteiger charge is 2.32. The molecule has 10 heteroatoms. The quantitative estimate of drug-likeness (QED) is 0.273. The van der Waals surface area contributed by atoms with Crippen LogP contribution in [0.15, 0.2) is 36.7 Å². The number of alkyl halides is 3. The maximum absolute atomic E-state index is 13.7. The number of carboxylic acid groups (broad SMARTS) is 1. The molecule has 1 heterocycles. The van der Waals surface area contributed by atoms with Crippen LogP contribution in [0.1, 0.15) is 78.8 Å². The first-order chi connectivity index (χ1) is 20.5. The van der Waals surface area contributed by atoms with E-state index in [2.05, 4.69) is 34.0 Å². The van der Waals surface area contributed by atoms with Gasteiger partial charge in [0.15, 0.2) is 0 Å². The summed E-state index contributed by atoms with van der Waals surface area (Å²) >= 11 is 0. The second-order valence-corrected chi connectivity index (χ2v) is 12.3. The largest absolute Gasteiger partial charge is 0.481 e. The Morgan fingerprint density at radius 3 is 2.30 bits per heavy atom. The molecule has 0 saturated heterocycles. The van der Waals surface area contributed by atoms with Crippen molar-refractivity contribution in [3.8, 4) is 0 Å². The van der Waals surface area contributed by atoms with E-state index in [0.29, 0.717) is 42.4 Å². The maximum atomic E-state index is 13.7. The predicted octanol–water partition coefficient (Wildman–Crippen LogP) is 6.95. The van der Waals surface area contributed by atoms with E-state index < -0.39 is 17.7 Å². The Kier molecular flexibility index (Phi) is 9.32. The fraction of sp³-hybridized carbons (Fsp3) is 0.545. The van der Waals surface area contributed by atoms with E-state index in [9.17, 15) is 23.1 Å². The molecule has 232 valence electrons. The minimum atomic E-state index is -4.42. The average Bonchev–Trinajstić information content (AvgIpc) is 3.41. The van der Waals surface area contributed by atoms with E-state index in [0.717, 1.165) is 62.9 Å². The first kappa shape index (κ1) is 30.9. The number of rotatable bonds is 10. The number of benzene rings is 2. The lowest BCUT2D eigenvalue weighted by Gasteiger charge is -2.35. The van der Waals surface area contributed by atoms with E-state index in [1.165, 1.54) is 23.3 Å². The molecule has 0 spiro atoms. The van der Waals surface area contributed by atoms with Crippen LogP contribution in [0.5, 0.6) is 0 Å². The van der Waals surface area contributed by atoms with E-state index in [1.54, 1.807) is 31.0 Å². The van der Waals surface area contributed by atoms with Crippen molar-refractivity contribution in [1.82, 2.24) is 14.8 Å². The highest BCUT2D eigenvalue weighted by atomic mass is 19.4. The number of carbonyl (C=O) groups is 1. The van der Waals surface area contributed by atoms with Gasteiger partial charge in [0, 0.05) is 38.9 Å². The summed E-state index contributed by atoms with van der Waals surface area (Å²) in [7, 11) is 1.78. The minimum Gasteiger partial charge on any atom is -0.481 e. The molecule has 2 aliphatic rings.